The van der Waals surface area contributed by atoms with Crippen LogP contribution in [0.5, 0.6) is 0 Å². The van der Waals surface area contributed by atoms with Crippen molar-refractivity contribution in [2.45, 2.75) is 13.8 Å². The van der Waals surface area contributed by atoms with Crippen molar-refractivity contribution in [3.05, 3.63) is 22.9 Å². The molecule has 1 aliphatic rings. The number of hydrogen-bond donors (Lipinski definition) is 2. The summed E-state index contributed by atoms with van der Waals surface area (Å²) in [6.07, 6.45) is 0. The molecule has 1 aliphatic heterocycles. The summed E-state index contributed by atoms with van der Waals surface area (Å²) in [6.45, 7) is 7.21. The molecule has 0 atom stereocenters. The lowest BCUT2D eigenvalue weighted by atomic mass is 10.0. The number of nitrogens with one attached hydrogen (secondary N) is 2. The molecule has 2 heterocycles. The van der Waals surface area contributed by atoms with Crippen molar-refractivity contribution in [3.63, 3.8) is 0 Å². The van der Waals surface area contributed by atoms with E-state index in [0.717, 1.165) is 31.1 Å². The largest absolute Gasteiger partial charge is 0.367 e. The summed E-state index contributed by atoms with van der Waals surface area (Å²) < 4.78 is 1.88. The number of rotatable bonds is 3. The van der Waals surface area contributed by atoms with Crippen LogP contribution in [-0.4, -0.2) is 29.4 Å². The van der Waals surface area contributed by atoms with Gasteiger partial charge in [0.05, 0.1) is 5.69 Å². The predicted molar refractivity (Wildman–Crippen MR) is 62.0 cm³/mol. The maximum absolute atomic E-state index is 4.29. The van der Waals surface area contributed by atoms with Gasteiger partial charge in [-0.2, -0.15) is 5.10 Å². The van der Waals surface area contributed by atoms with Crippen molar-refractivity contribution in [2.75, 3.05) is 25.0 Å². The second kappa shape index (κ2) is 4.06. The van der Waals surface area contributed by atoms with Crippen molar-refractivity contribution < 1.29 is 0 Å². The normalized spacial score (nSPS) is 15.0. The molecule has 1 fully saturated rings. The zero-order valence-electron chi connectivity index (χ0n) is 9.59. The molecule has 1 aromatic rings. The molecule has 0 aromatic carbocycles. The van der Waals surface area contributed by atoms with E-state index in [4.69, 9.17) is 0 Å². The van der Waals surface area contributed by atoms with E-state index in [0.29, 0.717) is 0 Å². The van der Waals surface area contributed by atoms with Crippen LogP contribution < -0.4 is 10.6 Å². The lowest BCUT2D eigenvalue weighted by molar-refractivity contribution is 0.655. The van der Waals surface area contributed by atoms with Crippen LogP contribution in [0, 0.1) is 6.92 Å². The molecule has 1 saturated heterocycles. The molecule has 1 aromatic heterocycles. The van der Waals surface area contributed by atoms with Gasteiger partial charge in [0.1, 0.15) is 5.82 Å². The quantitative estimate of drug-likeness (QED) is 0.727. The van der Waals surface area contributed by atoms with Crippen molar-refractivity contribution in [3.8, 4) is 0 Å². The third kappa shape index (κ3) is 2.21. The highest BCUT2D eigenvalue weighted by Gasteiger charge is 2.10. The minimum Gasteiger partial charge on any atom is -0.367 e. The van der Waals surface area contributed by atoms with Crippen LogP contribution in [0.3, 0.4) is 0 Å². The fourth-order valence-corrected chi connectivity index (χ4v) is 1.68. The summed E-state index contributed by atoms with van der Waals surface area (Å²) in [5, 5.41) is 10.9. The molecule has 0 radical (unpaired) electrons. The molecule has 82 valence electrons. The Morgan fingerprint density at radius 3 is 2.80 bits per heavy atom. The van der Waals surface area contributed by atoms with Crippen molar-refractivity contribution in [2.24, 2.45) is 7.05 Å². The minimum absolute atomic E-state index is 0.913. The Balaban J connectivity index is 1.95. The predicted octanol–water partition coefficient (Wildman–Crippen LogP) is 1.06. The molecule has 0 saturated carbocycles. The van der Waals surface area contributed by atoms with Gasteiger partial charge in [-0.15, -0.1) is 0 Å². The minimum atomic E-state index is 0.913. The number of nitrogens with zero attached hydrogens (tertiary/aromatic N) is 2. The summed E-state index contributed by atoms with van der Waals surface area (Å²) in [5.41, 5.74) is 4.02. The molecule has 0 unspecified atom stereocenters. The molecule has 0 amide bonds. The van der Waals surface area contributed by atoms with E-state index >= 15 is 0 Å². The van der Waals surface area contributed by atoms with Gasteiger partial charge >= 0.3 is 0 Å². The molecular formula is C11H18N4. The maximum Gasteiger partial charge on any atom is 0.124 e. The molecule has 0 bridgehead atoms. The lowest BCUT2D eigenvalue weighted by Gasteiger charge is -2.22. The fraction of sp³-hybridized carbons (Fsp3) is 0.545. The second-order valence-corrected chi connectivity index (χ2v) is 4.14. The van der Waals surface area contributed by atoms with Gasteiger partial charge in [-0.25, -0.2) is 0 Å². The Labute approximate surface area is 90.4 Å². The monoisotopic (exact) mass is 206 g/mol. The molecule has 0 aliphatic carbocycles. The molecule has 15 heavy (non-hydrogen) atoms. The number of hydrogen-bond acceptors (Lipinski definition) is 3. The zero-order chi connectivity index (χ0) is 10.8. The fourth-order valence-electron chi connectivity index (χ4n) is 1.68. The Bertz CT molecular complexity index is 383. The third-order valence-corrected chi connectivity index (χ3v) is 2.82. The van der Waals surface area contributed by atoms with Gasteiger partial charge in [-0.05, 0) is 19.4 Å². The van der Waals surface area contributed by atoms with Crippen molar-refractivity contribution in [1.82, 2.24) is 15.1 Å². The highest BCUT2D eigenvalue weighted by atomic mass is 15.3. The zero-order valence-corrected chi connectivity index (χ0v) is 9.59. The first-order valence-corrected chi connectivity index (χ1v) is 5.29. The van der Waals surface area contributed by atoms with Crippen molar-refractivity contribution in [1.29, 1.82) is 0 Å². The van der Waals surface area contributed by atoms with Gasteiger partial charge < -0.3 is 10.6 Å². The van der Waals surface area contributed by atoms with Crippen LogP contribution in [0.15, 0.2) is 17.2 Å². The van der Waals surface area contributed by atoms with E-state index < -0.39 is 0 Å². The highest BCUT2D eigenvalue weighted by molar-refractivity contribution is 5.39. The van der Waals surface area contributed by atoms with Crippen LogP contribution >= 0.6 is 0 Å². The molecule has 4 heteroatoms. The standard InChI is InChI=1S/C11H18N4/c1-8(10-6-12-7-10)5-13-11-4-9(2)14-15(11)3/h4,12-13H,5-7H2,1-3H3. The second-order valence-electron chi connectivity index (χ2n) is 4.14. The van der Waals surface area contributed by atoms with E-state index in [1.165, 1.54) is 11.1 Å². The highest BCUT2D eigenvalue weighted by Crippen LogP contribution is 2.12. The van der Waals surface area contributed by atoms with Gasteiger partial charge in [-0.1, -0.05) is 5.57 Å². The Morgan fingerprint density at radius 1 is 1.60 bits per heavy atom. The number of aromatic nitrogens is 2. The van der Waals surface area contributed by atoms with E-state index in [2.05, 4.69) is 28.7 Å². The summed E-state index contributed by atoms with van der Waals surface area (Å²) in [7, 11) is 1.96. The SMILES string of the molecule is CC(CNc1cc(C)nn1C)=C1CNC1. The van der Waals surface area contributed by atoms with Crippen LogP contribution in [0.25, 0.3) is 0 Å². The number of anilines is 1. The summed E-state index contributed by atoms with van der Waals surface area (Å²) in [5.74, 6) is 1.08. The van der Waals surface area contributed by atoms with Crippen LogP contribution in [0.1, 0.15) is 12.6 Å². The van der Waals surface area contributed by atoms with E-state index in [-0.39, 0.29) is 0 Å². The van der Waals surface area contributed by atoms with Crippen LogP contribution in [-0.2, 0) is 7.05 Å². The first-order valence-electron chi connectivity index (χ1n) is 5.29. The van der Waals surface area contributed by atoms with Gasteiger partial charge in [0.25, 0.3) is 0 Å². The third-order valence-electron chi connectivity index (χ3n) is 2.82. The molecular weight excluding hydrogens is 188 g/mol. The van der Waals surface area contributed by atoms with E-state index in [9.17, 15) is 0 Å². The van der Waals surface area contributed by atoms with Crippen LogP contribution in [0.2, 0.25) is 0 Å². The molecule has 0 spiro atoms. The van der Waals surface area contributed by atoms with Gasteiger partial charge in [0, 0.05) is 32.7 Å². The average Bonchev–Trinajstić information content (AvgIpc) is 2.38. The average molecular weight is 206 g/mol. The molecule has 2 rings (SSSR count). The lowest BCUT2D eigenvalue weighted by Crippen LogP contribution is -2.35. The van der Waals surface area contributed by atoms with Gasteiger partial charge in [0.2, 0.25) is 0 Å². The smallest absolute Gasteiger partial charge is 0.124 e. The summed E-state index contributed by atoms with van der Waals surface area (Å²) in [6, 6.07) is 2.07. The topological polar surface area (TPSA) is 41.9 Å². The number of aryl methyl sites for hydroxylation is 2. The van der Waals surface area contributed by atoms with Gasteiger partial charge in [0.15, 0.2) is 0 Å². The molecule has 2 N–H and O–H groups in total. The summed E-state index contributed by atoms with van der Waals surface area (Å²) in [4.78, 5) is 0. The maximum atomic E-state index is 4.29. The first-order chi connectivity index (χ1) is 7.16. The summed E-state index contributed by atoms with van der Waals surface area (Å²) >= 11 is 0. The Morgan fingerprint density at radius 2 is 2.33 bits per heavy atom. The molecule has 4 nitrogen and oxygen atoms in total. The van der Waals surface area contributed by atoms with Crippen molar-refractivity contribution >= 4 is 5.82 Å². The Hall–Kier alpha value is -1.29. The Kier molecular flexibility index (Phi) is 2.77. The van der Waals surface area contributed by atoms with E-state index in [1.807, 2.05) is 18.7 Å². The van der Waals surface area contributed by atoms with E-state index in [1.54, 1.807) is 0 Å². The van der Waals surface area contributed by atoms with Crippen LogP contribution in [0.4, 0.5) is 5.82 Å². The van der Waals surface area contributed by atoms with Gasteiger partial charge in [-0.3, -0.25) is 4.68 Å². The first kappa shape index (κ1) is 10.2.